The number of aliphatic carboxylic acids is 1. The van der Waals surface area contributed by atoms with E-state index in [1.807, 2.05) is 6.92 Å². The Labute approximate surface area is 98.0 Å². The van der Waals surface area contributed by atoms with Gasteiger partial charge < -0.3 is 5.11 Å². The third kappa shape index (κ3) is 4.96. The summed E-state index contributed by atoms with van der Waals surface area (Å²) in [5.41, 5.74) is -0.780. The summed E-state index contributed by atoms with van der Waals surface area (Å²) in [6.07, 6.45) is 2.24. The van der Waals surface area contributed by atoms with Crippen LogP contribution in [-0.4, -0.2) is 31.0 Å². The molecular formula is C11H22O4S. The molecule has 0 bridgehead atoms. The Morgan fingerprint density at radius 2 is 1.81 bits per heavy atom. The van der Waals surface area contributed by atoms with Gasteiger partial charge in [0.05, 0.1) is 11.2 Å². The van der Waals surface area contributed by atoms with Gasteiger partial charge in [0.15, 0.2) is 0 Å². The van der Waals surface area contributed by atoms with Crippen LogP contribution in [0.25, 0.3) is 0 Å². The van der Waals surface area contributed by atoms with Crippen molar-refractivity contribution < 1.29 is 18.3 Å². The van der Waals surface area contributed by atoms with Crippen LogP contribution in [0.4, 0.5) is 0 Å². The summed E-state index contributed by atoms with van der Waals surface area (Å²) in [4.78, 5) is 11.1. The number of sulfone groups is 1. The normalized spacial score (nSPS) is 15.7. The van der Waals surface area contributed by atoms with Crippen LogP contribution in [0.2, 0.25) is 0 Å². The van der Waals surface area contributed by atoms with Crippen LogP contribution in [0.3, 0.4) is 0 Å². The van der Waals surface area contributed by atoms with Crippen molar-refractivity contribution in [1.82, 2.24) is 0 Å². The van der Waals surface area contributed by atoms with E-state index in [0.717, 1.165) is 6.42 Å². The molecule has 0 heterocycles. The first-order valence-corrected chi connectivity index (χ1v) is 7.53. The molecule has 0 saturated carbocycles. The number of carbonyl (C=O) groups is 1. The minimum Gasteiger partial charge on any atom is -0.481 e. The maximum Gasteiger partial charge on any atom is 0.309 e. The lowest BCUT2D eigenvalue weighted by Crippen LogP contribution is -2.28. The number of rotatable bonds is 8. The Kier molecular flexibility index (Phi) is 6.00. The monoisotopic (exact) mass is 250 g/mol. The van der Waals surface area contributed by atoms with Crippen molar-refractivity contribution in [2.75, 3.05) is 11.5 Å². The van der Waals surface area contributed by atoms with Gasteiger partial charge in [-0.15, -0.1) is 0 Å². The van der Waals surface area contributed by atoms with Gasteiger partial charge in [0, 0.05) is 5.75 Å². The van der Waals surface area contributed by atoms with Gasteiger partial charge in [0.1, 0.15) is 9.84 Å². The molecule has 0 aliphatic carbocycles. The zero-order valence-electron chi connectivity index (χ0n) is 10.3. The fourth-order valence-corrected chi connectivity index (χ4v) is 2.59. The molecule has 1 N–H and O–H groups in total. The van der Waals surface area contributed by atoms with Gasteiger partial charge in [-0.05, 0) is 26.2 Å². The van der Waals surface area contributed by atoms with E-state index in [0.29, 0.717) is 19.3 Å². The van der Waals surface area contributed by atoms with Gasteiger partial charge in [-0.25, -0.2) is 8.42 Å². The molecule has 0 aromatic rings. The molecule has 0 radical (unpaired) electrons. The number of hydrogen-bond acceptors (Lipinski definition) is 3. The quantitative estimate of drug-likeness (QED) is 0.716. The molecule has 0 rings (SSSR count). The third-order valence-corrected chi connectivity index (χ3v) is 4.73. The summed E-state index contributed by atoms with van der Waals surface area (Å²) in [6.45, 7) is 5.24. The van der Waals surface area contributed by atoms with Gasteiger partial charge in [-0.1, -0.05) is 20.3 Å². The fraction of sp³-hybridized carbons (Fsp3) is 0.909. The molecule has 16 heavy (non-hydrogen) atoms. The predicted molar refractivity (Wildman–Crippen MR) is 64.2 cm³/mol. The van der Waals surface area contributed by atoms with E-state index in [2.05, 4.69) is 0 Å². The zero-order valence-corrected chi connectivity index (χ0v) is 11.1. The Bertz CT molecular complexity index is 321. The lowest BCUT2D eigenvalue weighted by molar-refractivity contribution is -0.148. The second-order valence-electron chi connectivity index (χ2n) is 4.46. The van der Waals surface area contributed by atoms with E-state index in [1.165, 1.54) is 0 Å². The van der Waals surface area contributed by atoms with Crippen LogP contribution in [0, 0.1) is 5.41 Å². The summed E-state index contributed by atoms with van der Waals surface area (Å²) in [6, 6.07) is 0. The molecule has 5 heteroatoms. The van der Waals surface area contributed by atoms with Gasteiger partial charge in [-0.2, -0.15) is 0 Å². The van der Waals surface area contributed by atoms with E-state index < -0.39 is 21.2 Å². The largest absolute Gasteiger partial charge is 0.481 e. The second kappa shape index (κ2) is 6.23. The maximum absolute atomic E-state index is 11.3. The topological polar surface area (TPSA) is 71.4 Å². The van der Waals surface area contributed by atoms with Gasteiger partial charge in [0.2, 0.25) is 0 Å². The van der Waals surface area contributed by atoms with Crippen molar-refractivity contribution in [1.29, 1.82) is 0 Å². The summed E-state index contributed by atoms with van der Waals surface area (Å²) in [5, 5.41) is 9.10. The highest BCUT2D eigenvalue weighted by Crippen LogP contribution is 2.29. The molecule has 0 fully saturated rings. The fourth-order valence-electron chi connectivity index (χ4n) is 1.72. The molecule has 0 saturated heterocycles. The van der Waals surface area contributed by atoms with Gasteiger partial charge in [0.25, 0.3) is 0 Å². The van der Waals surface area contributed by atoms with Gasteiger partial charge in [-0.3, -0.25) is 4.79 Å². The van der Waals surface area contributed by atoms with Crippen LogP contribution < -0.4 is 0 Å². The number of carboxylic acids is 1. The molecule has 0 spiro atoms. The molecule has 1 atom stereocenters. The lowest BCUT2D eigenvalue weighted by atomic mass is 9.81. The smallest absolute Gasteiger partial charge is 0.309 e. The Morgan fingerprint density at radius 3 is 2.19 bits per heavy atom. The molecule has 0 aliphatic rings. The first-order valence-electron chi connectivity index (χ1n) is 5.71. The standard InChI is InChI=1S/C11H22O4S/c1-4-7-11(3,10(12)13)8-6-9-16(14,15)5-2/h4-9H2,1-3H3,(H,12,13). The lowest BCUT2D eigenvalue weighted by Gasteiger charge is -2.23. The van der Waals surface area contributed by atoms with E-state index >= 15 is 0 Å². The SMILES string of the molecule is CCCC(C)(CCCS(=O)(=O)CC)C(=O)O. The minimum atomic E-state index is -2.98. The van der Waals surface area contributed by atoms with Crippen LogP contribution in [0.15, 0.2) is 0 Å². The summed E-state index contributed by atoms with van der Waals surface area (Å²) >= 11 is 0. The minimum absolute atomic E-state index is 0.0933. The van der Waals surface area contributed by atoms with E-state index in [1.54, 1.807) is 13.8 Å². The molecule has 1 unspecified atom stereocenters. The van der Waals surface area contributed by atoms with Crippen molar-refractivity contribution >= 4 is 15.8 Å². The van der Waals surface area contributed by atoms with Crippen molar-refractivity contribution in [3.63, 3.8) is 0 Å². The van der Waals surface area contributed by atoms with Crippen molar-refractivity contribution in [2.45, 2.75) is 46.5 Å². The first-order chi connectivity index (χ1) is 7.27. The zero-order chi connectivity index (χ0) is 12.8. The molecule has 0 aromatic heterocycles. The average molecular weight is 250 g/mol. The Hall–Kier alpha value is -0.580. The van der Waals surface area contributed by atoms with Crippen molar-refractivity contribution in [3.8, 4) is 0 Å². The molecule has 0 aromatic carbocycles. The third-order valence-electron chi connectivity index (χ3n) is 2.94. The highest BCUT2D eigenvalue weighted by Gasteiger charge is 2.31. The van der Waals surface area contributed by atoms with Crippen molar-refractivity contribution in [2.24, 2.45) is 5.41 Å². The summed E-state index contributed by atoms with van der Waals surface area (Å²) < 4.78 is 22.5. The van der Waals surface area contributed by atoms with E-state index in [-0.39, 0.29) is 11.5 Å². The molecule has 0 aliphatic heterocycles. The number of hydrogen-bond donors (Lipinski definition) is 1. The molecule has 0 amide bonds. The molecule has 96 valence electrons. The van der Waals surface area contributed by atoms with Crippen LogP contribution in [0.5, 0.6) is 0 Å². The Morgan fingerprint density at radius 1 is 1.25 bits per heavy atom. The van der Waals surface area contributed by atoms with Crippen LogP contribution >= 0.6 is 0 Å². The van der Waals surface area contributed by atoms with Crippen LogP contribution in [-0.2, 0) is 14.6 Å². The molecular weight excluding hydrogens is 228 g/mol. The highest BCUT2D eigenvalue weighted by molar-refractivity contribution is 7.91. The second-order valence-corrected chi connectivity index (χ2v) is 6.93. The summed E-state index contributed by atoms with van der Waals surface area (Å²) in [5.74, 6) is -0.607. The van der Waals surface area contributed by atoms with Crippen molar-refractivity contribution in [3.05, 3.63) is 0 Å². The van der Waals surface area contributed by atoms with Gasteiger partial charge >= 0.3 is 5.97 Å². The highest BCUT2D eigenvalue weighted by atomic mass is 32.2. The summed E-state index contributed by atoms with van der Waals surface area (Å²) in [7, 11) is -2.98. The predicted octanol–water partition coefficient (Wildman–Crippen LogP) is 2.09. The van der Waals surface area contributed by atoms with E-state index in [9.17, 15) is 13.2 Å². The average Bonchev–Trinajstić information content (AvgIpc) is 2.17. The van der Waals surface area contributed by atoms with Crippen LogP contribution in [0.1, 0.15) is 46.5 Å². The van der Waals surface area contributed by atoms with E-state index in [4.69, 9.17) is 5.11 Å². The maximum atomic E-state index is 11.3. The first kappa shape index (κ1) is 15.4. The number of carboxylic acid groups (broad SMARTS) is 1. The molecule has 4 nitrogen and oxygen atoms in total. The Balaban J connectivity index is 4.30.